The van der Waals surface area contributed by atoms with Gasteiger partial charge < -0.3 is 15.2 Å². The van der Waals surface area contributed by atoms with Gasteiger partial charge in [-0.3, -0.25) is 9.78 Å². The van der Waals surface area contributed by atoms with Crippen LogP contribution in [0.3, 0.4) is 0 Å². The fourth-order valence-electron chi connectivity index (χ4n) is 1.23. The molecular weight excluding hydrogens is 208 g/mol. The van der Waals surface area contributed by atoms with Crippen LogP contribution in [0.15, 0.2) is 24.5 Å². The Balaban J connectivity index is 2.48. The van der Waals surface area contributed by atoms with Crippen LogP contribution in [0.2, 0.25) is 0 Å². The standard InChI is InChI=1S/C11H16N2O3/c1-11(15,8-16-2)7-13-10(14)9-4-3-5-12-6-9/h3-6,15H,7-8H2,1-2H3,(H,13,14). The molecule has 0 aliphatic heterocycles. The summed E-state index contributed by atoms with van der Waals surface area (Å²) in [6.45, 7) is 1.90. The summed E-state index contributed by atoms with van der Waals surface area (Å²) in [4.78, 5) is 15.4. The Bertz CT molecular complexity index is 338. The molecule has 0 saturated heterocycles. The van der Waals surface area contributed by atoms with Gasteiger partial charge in [0, 0.05) is 26.0 Å². The van der Waals surface area contributed by atoms with Crippen LogP contribution in [0, 0.1) is 0 Å². The van der Waals surface area contributed by atoms with Gasteiger partial charge in [0.15, 0.2) is 0 Å². The topological polar surface area (TPSA) is 71.5 Å². The first-order valence-corrected chi connectivity index (χ1v) is 4.95. The Hall–Kier alpha value is -1.46. The third kappa shape index (κ3) is 3.96. The lowest BCUT2D eigenvalue weighted by Crippen LogP contribution is -2.43. The van der Waals surface area contributed by atoms with Gasteiger partial charge in [0.2, 0.25) is 0 Å². The molecule has 1 amide bonds. The second kappa shape index (κ2) is 5.58. The first kappa shape index (κ1) is 12.6. The Labute approximate surface area is 94.5 Å². The van der Waals surface area contributed by atoms with Gasteiger partial charge in [-0.25, -0.2) is 0 Å². The lowest BCUT2D eigenvalue weighted by molar-refractivity contribution is -0.0147. The molecule has 16 heavy (non-hydrogen) atoms. The minimum Gasteiger partial charge on any atom is -0.386 e. The summed E-state index contributed by atoms with van der Waals surface area (Å²) in [5, 5.41) is 12.4. The van der Waals surface area contributed by atoms with Crippen LogP contribution >= 0.6 is 0 Å². The average Bonchev–Trinajstić information content (AvgIpc) is 2.27. The summed E-state index contributed by atoms with van der Waals surface area (Å²) in [6, 6.07) is 3.34. The predicted molar refractivity (Wildman–Crippen MR) is 59.1 cm³/mol. The summed E-state index contributed by atoms with van der Waals surface area (Å²) in [5.74, 6) is -0.260. The molecule has 1 heterocycles. The van der Waals surface area contributed by atoms with Gasteiger partial charge in [-0.15, -0.1) is 0 Å². The first-order chi connectivity index (χ1) is 7.55. The van der Waals surface area contributed by atoms with Crippen molar-refractivity contribution in [1.29, 1.82) is 0 Å². The van der Waals surface area contributed by atoms with E-state index in [-0.39, 0.29) is 19.1 Å². The zero-order chi connectivity index (χ0) is 12.0. The largest absolute Gasteiger partial charge is 0.386 e. The van der Waals surface area contributed by atoms with Crippen LogP contribution in [0.5, 0.6) is 0 Å². The number of pyridine rings is 1. The van der Waals surface area contributed by atoms with Crippen LogP contribution in [0.1, 0.15) is 17.3 Å². The van der Waals surface area contributed by atoms with Gasteiger partial charge in [-0.1, -0.05) is 0 Å². The number of nitrogens with one attached hydrogen (secondary N) is 1. The molecule has 0 bridgehead atoms. The maximum Gasteiger partial charge on any atom is 0.252 e. The van der Waals surface area contributed by atoms with E-state index in [2.05, 4.69) is 10.3 Å². The lowest BCUT2D eigenvalue weighted by Gasteiger charge is -2.22. The lowest BCUT2D eigenvalue weighted by atomic mass is 10.1. The van der Waals surface area contributed by atoms with E-state index in [4.69, 9.17) is 4.74 Å². The number of methoxy groups -OCH3 is 1. The molecule has 0 aliphatic rings. The van der Waals surface area contributed by atoms with Crippen molar-refractivity contribution in [1.82, 2.24) is 10.3 Å². The van der Waals surface area contributed by atoms with Crippen molar-refractivity contribution in [2.45, 2.75) is 12.5 Å². The molecule has 0 radical (unpaired) electrons. The van der Waals surface area contributed by atoms with Gasteiger partial charge in [0.1, 0.15) is 5.60 Å². The number of aromatic nitrogens is 1. The maximum atomic E-state index is 11.6. The smallest absolute Gasteiger partial charge is 0.252 e. The first-order valence-electron chi connectivity index (χ1n) is 4.95. The SMILES string of the molecule is COCC(C)(O)CNC(=O)c1cccnc1. The van der Waals surface area contributed by atoms with Crippen molar-refractivity contribution in [3.8, 4) is 0 Å². The van der Waals surface area contributed by atoms with Gasteiger partial charge in [-0.2, -0.15) is 0 Å². The monoisotopic (exact) mass is 224 g/mol. The number of aliphatic hydroxyl groups is 1. The molecule has 88 valence electrons. The molecule has 0 aromatic carbocycles. The highest BCUT2D eigenvalue weighted by Crippen LogP contribution is 2.02. The molecular formula is C11H16N2O3. The van der Waals surface area contributed by atoms with Crippen LogP contribution < -0.4 is 5.32 Å². The Kier molecular flexibility index (Phi) is 4.39. The van der Waals surface area contributed by atoms with Crippen molar-refractivity contribution in [2.75, 3.05) is 20.3 Å². The molecule has 0 aliphatic carbocycles. The number of nitrogens with zero attached hydrogens (tertiary/aromatic N) is 1. The number of rotatable bonds is 5. The van der Waals surface area contributed by atoms with Crippen molar-refractivity contribution in [3.63, 3.8) is 0 Å². The van der Waals surface area contributed by atoms with E-state index in [1.165, 1.54) is 13.3 Å². The van der Waals surface area contributed by atoms with Crippen LogP contribution in [-0.2, 0) is 4.74 Å². The minimum absolute atomic E-state index is 0.133. The Morgan fingerprint density at radius 3 is 3.00 bits per heavy atom. The van der Waals surface area contributed by atoms with E-state index in [9.17, 15) is 9.90 Å². The average molecular weight is 224 g/mol. The Morgan fingerprint density at radius 2 is 2.44 bits per heavy atom. The number of hydrogen-bond donors (Lipinski definition) is 2. The normalized spacial score (nSPS) is 14.2. The summed E-state index contributed by atoms with van der Waals surface area (Å²) < 4.78 is 4.83. The predicted octanol–water partition coefficient (Wildman–Crippen LogP) is 0.209. The van der Waals surface area contributed by atoms with Gasteiger partial charge >= 0.3 is 0 Å². The van der Waals surface area contributed by atoms with E-state index < -0.39 is 5.60 Å². The molecule has 5 heteroatoms. The van der Waals surface area contributed by atoms with Crippen molar-refractivity contribution >= 4 is 5.91 Å². The number of amides is 1. The summed E-state index contributed by atoms with van der Waals surface area (Å²) in [7, 11) is 1.50. The summed E-state index contributed by atoms with van der Waals surface area (Å²) in [5.41, 5.74) is -0.595. The number of carbonyl (C=O) groups is 1. The van der Waals surface area contributed by atoms with E-state index in [0.717, 1.165) is 0 Å². The maximum absolute atomic E-state index is 11.6. The fraction of sp³-hybridized carbons (Fsp3) is 0.455. The number of carbonyl (C=O) groups excluding carboxylic acids is 1. The number of hydrogen-bond acceptors (Lipinski definition) is 4. The van der Waals surface area contributed by atoms with Gasteiger partial charge in [0.05, 0.1) is 12.2 Å². The molecule has 1 aromatic heterocycles. The molecule has 1 atom stereocenters. The molecule has 0 spiro atoms. The van der Waals surface area contributed by atoms with Gasteiger partial charge in [-0.05, 0) is 19.1 Å². The van der Waals surface area contributed by atoms with Crippen molar-refractivity contribution < 1.29 is 14.6 Å². The molecule has 2 N–H and O–H groups in total. The molecule has 0 saturated carbocycles. The van der Waals surface area contributed by atoms with E-state index in [0.29, 0.717) is 5.56 Å². The Morgan fingerprint density at radius 1 is 1.69 bits per heavy atom. The van der Waals surface area contributed by atoms with E-state index in [1.54, 1.807) is 25.3 Å². The molecule has 1 unspecified atom stereocenters. The highest BCUT2D eigenvalue weighted by atomic mass is 16.5. The van der Waals surface area contributed by atoms with Crippen LogP contribution in [0.25, 0.3) is 0 Å². The quantitative estimate of drug-likeness (QED) is 0.750. The molecule has 1 rings (SSSR count). The second-order valence-electron chi connectivity index (χ2n) is 3.85. The third-order valence-electron chi connectivity index (χ3n) is 2.01. The van der Waals surface area contributed by atoms with E-state index >= 15 is 0 Å². The highest BCUT2D eigenvalue weighted by molar-refractivity contribution is 5.93. The van der Waals surface area contributed by atoms with Crippen molar-refractivity contribution in [3.05, 3.63) is 30.1 Å². The minimum atomic E-state index is -1.06. The molecule has 5 nitrogen and oxygen atoms in total. The van der Waals surface area contributed by atoms with E-state index in [1.807, 2.05) is 0 Å². The molecule has 0 fully saturated rings. The summed E-state index contributed by atoms with van der Waals surface area (Å²) in [6.07, 6.45) is 3.07. The highest BCUT2D eigenvalue weighted by Gasteiger charge is 2.21. The van der Waals surface area contributed by atoms with Crippen molar-refractivity contribution in [2.24, 2.45) is 0 Å². The van der Waals surface area contributed by atoms with Crippen LogP contribution in [0.4, 0.5) is 0 Å². The van der Waals surface area contributed by atoms with Gasteiger partial charge in [0.25, 0.3) is 5.91 Å². The zero-order valence-corrected chi connectivity index (χ0v) is 9.43. The fourth-order valence-corrected chi connectivity index (χ4v) is 1.23. The zero-order valence-electron chi connectivity index (χ0n) is 9.43. The van der Waals surface area contributed by atoms with Crippen LogP contribution in [-0.4, -0.2) is 41.9 Å². The summed E-state index contributed by atoms with van der Waals surface area (Å²) >= 11 is 0. The second-order valence-corrected chi connectivity index (χ2v) is 3.85. The third-order valence-corrected chi connectivity index (χ3v) is 2.01. The number of ether oxygens (including phenoxy) is 1. The molecule has 1 aromatic rings.